The maximum atomic E-state index is 12.8. The van der Waals surface area contributed by atoms with Gasteiger partial charge in [-0.15, -0.1) is 0 Å². The molecular weight excluding hydrogens is 421 g/mol. The van der Waals surface area contributed by atoms with Crippen LogP contribution >= 0.6 is 25.3 Å². The highest BCUT2D eigenvalue weighted by atomic mass is 32.2. The Balaban J connectivity index is 2.19. The molecule has 0 heterocycles. The Kier molecular flexibility index (Phi) is 6.89. The van der Waals surface area contributed by atoms with Crippen molar-refractivity contribution >= 4 is 31.2 Å². The van der Waals surface area contributed by atoms with Gasteiger partial charge in [-0.1, -0.05) is 24.3 Å². The lowest BCUT2D eigenvalue weighted by Gasteiger charge is -2.27. The van der Waals surface area contributed by atoms with Gasteiger partial charge in [0.1, 0.15) is 9.83 Å². The van der Waals surface area contributed by atoms with Crippen LogP contribution < -0.4 is 4.74 Å². The van der Waals surface area contributed by atoms with Gasteiger partial charge in [0.2, 0.25) is 0 Å². The van der Waals surface area contributed by atoms with E-state index in [4.69, 9.17) is 9.47 Å². The van der Waals surface area contributed by atoms with Crippen LogP contribution in [0.1, 0.15) is 44.4 Å². The van der Waals surface area contributed by atoms with Crippen LogP contribution in [0, 0.1) is 0 Å². The molecule has 2 aromatic carbocycles. The van der Waals surface area contributed by atoms with Crippen molar-refractivity contribution in [3.8, 4) is 5.75 Å². The van der Waals surface area contributed by atoms with Gasteiger partial charge in [0.25, 0.3) is 0 Å². The van der Waals surface area contributed by atoms with Gasteiger partial charge in [-0.25, -0.2) is 4.79 Å². The normalized spacial score (nSPS) is 12.8. The van der Waals surface area contributed by atoms with Crippen molar-refractivity contribution in [3.05, 3.63) is 65.2 Å². The third kappa shape index (κ3) is 5.85. The molecule has 0 spiro atoms. The number of carbonyl (C=O) groups excluding carboxylic acids is 1. The Bertz CT molecular complexity index is 843. The minimum Gasteiger partial charge on any atom is -0.476 e. The van der Waals surface area contributed by atoms with Crippen LogP contribution in [0.25, 0.3) is 0 Å². The molecule has 0 N–H and O–H groups in total. The van der Waals surface area contributed by atoms with Crippen molar-refractivity contribution < 1.29 is 27.4 Å². The Labute approximate surface area is 179 Å². The smallest absolute Gasteiger partial charge is 0.416 e. The molecular formula is C21H23F3O3S2. The van der Waals surface area contributed by atoms with E-state index in [1.807, 2.05) is 0 Å². The van der Waals surface area contributed by atoms with Gasteiger partial charge >= 0.3 is 12.1 Å². The van der Waals surface area contributed by atoms with E-state index < -0.39 is 27.4 Å². The standard InChI is InChI=1S/C21H23F3O3S2/c1-13(2)26-18(25)19(3,4)27-17-11-9-15(10-12-17)20(28,29)14-5-7-16(8-6-14)21(22,23)24/h5-13,28-29H,1-4H3. The first-order valence-corrected chi connectivity index (χ1v) is 9.76. The van der Waals surface area contributed by atoms with Crippen LogP contribution in [-0.4, -0.2) is 17.7 Å². The minimum absolute atomic E-state index is 0.259. The molecule has 8 heteroatoms. The predicted octanol–water partition coefficient (Wildman–Crippen LogP) is 5.88. The summed E-state index contributed by atoms with van der Waals surface area (Å²) >= 11 is 9.06. The predicted molar refractivity (Wildman–Crippen MR) is 113 cm³/mol. The summed E-state index contributed by atoms with van der Waals surface area (Å²) in [5.74, 6) is -0.0524. The van der Waals surface area contributed by atoms with Crippen LogP contribution in [-0.2, 0) is 19.8 Å². The monoisotopic (exact) mass is 444 g/mol. The molecule has 0 aromatic heterocycles. The molecule has 2 rings (SSSR count). The Morgan fingerprint density at radius 2 is 1.28 bits per heavy atom. The topological polar surface area (TPSA) is 35.5 Å². The fourth-order valence-corrected chi connectivity index (χ4v) is 3.10. The van der Waals surface area contributed by atoms with Crippen molar-refractivity contribution in [1.82, 2.24) is 0 Å². The van der Waals surface area contributed by atoms with E-state index in [9.17, 15) is 18.0 Å². The number of benzene rings is 2. The number of carbonyl (C=O) groups is 1. The summed E-state index contributed by atoms with van der Waals surface area (Å²) in [5.41, 5.74) is -0.790. The molecule has 0 unspecified atom stereocenters. The van der Waals surface area contributed by atoms with Crippen LogP contribution in [0.5, 0.6) is 5.75 Å². The number of hydrogen-bond donors (Lipinski definition) is 2. The lowest BCUT2D eigenvalue weighted by atomic mass is 10.0. The highest BCUT2D eigenvalue weighted by Gasteiger charge is 2.34. The Morgan fingerprint density at radius 3 is 1.69 bits per heavy atom. The molecule has 0 aliphatic carbocycles. The van der Waals surface area contributed by atoms with Crippen LogP contribution in [0.3, 0.4) is 0 Å². The third-order valence-electron chi connectivity index (χ3n) is 4.08. The minimum atomic E-state index is -4.41. The summed E-state index contributed by atoms with van der Waals surface area (Å²) in [5, 5.41) is 0. The maximum absolute atomic E-state index is 12.8. The maximum Gasteiger partial charge on any atom is 0.416 e. The number of ether oxygens (including phenoxy) is 2. The van der Waals surface area contributed by atoms with Gasteiger partial charge in [0, 0.05) is 0 Å². The van der Waals surface area contributed by atoms with Crippen molar-refractivity contribution in [2.45, 2.75) is 49.7 Å². The molecule has 0 amide bonds. The van der Waals surface area contributed by atoms with Gasteiger partial charge in [0.15, 0.2) is 5.60 Å². The molecule has 2 aromatic rings. The molecule has 0 bridgehead atoms. The zero-order chi connectivity index (χ0) is 22.0. The van der Waals surface area contributed by atoms with Gasteiger partial charge < -0.3 is 9.47 Å². The first-order chi connectivity index (χ1) is 13.2. The van der Waals surface area contributed by atoms with Crippen LogP contribution in [0.4, 0.5) is 13.2 Å². The molecule has 29 heavy (non-hydrogen) atoms. The van der Waals surface area contributed by atoms with Gasteiger partial charge in [-0.3, -0.25) is 0 Å². The second kappa shape index (κ2) is 8.52. The number of rotatable bonds is 6. The van der Waals surface area contributed by atoms with E-state index in [0.29, 0.717) is 16.9 Å². The zero-order valence-corrected chi connectivity index (χ0v) is 18.2. The van der Waals surface area contributed by atoms with E-state index in [0.717, 1.165) is 12.1 Å². The molecule has 158 valence electrons. The number of thiol groups is 2. The number of esters is 1. The lowest BCUT2D eigenvalue weighted by molar-refractivity contribution is -0.163. The van der Waals surface area contributed by atoms with E-state index in [1.54, 1.807) is 52.0 Å². The van der Waals surface area contributed by atoms with Crippen molar-refractivity contribution in [1.29, 1.82) is 0 Å². The van der Waals surface area contributed by atoms with Crippen molar-refractivity contribution in [2.24, 2.45) is 0 Å². The summed E-state index contributed by atoms with van der Waals surface area (Å²) in [6.45, 7) is 6.72. The molecule has 3 nitrogen and oxygen atoms in total. The summed E-state index contributed by atoms with van der Waals surface area (Å²) < 4.78 is 48.1. The second-order valence-corrected chi connectivity index (χ2v) is 9.03. The molecule has 0 fully saturated rings. The lowest BCUT2D eigenvalue weighted by Crippen LogP contribution is -2.40. The SMILES string of the molecule is CC(C)OC(=O)C(C)(C)Oc1ccc(C(S)(S)c2ccc(C(F)(F)F)cc2)cc1. The molecule has 0 aliphatic rings. The van der Waals surface area contributed by atoms with Crippen molar-refractivity contribution in [3.63, 3.8) is 0 Å². The number of hydrogen-bond acceptors (Lipinski definition) is 5. The van der Waals surface area contributed by atoms with E-state index in [2.05, 4.69) is 25.3 Å². The highest BCUT2D eigenvalue weighted by molar-refractivity contribution is 8.00. The van der Waals surface area contributed by atoms with Crippen LogP contribution in [0.15, 0.2) is 48.5 Å². The number of halogens is 3. The quantitative estimate of drug-likeness (QED) is 0.332. The number of alkyl halides is 3. The zero-order valence-electron chi connectivity index (χ0n) is 16.4. The molecule has 0 saturated carbocycles. The third-order valence-corrected chi connectivity index (χ3v) is 5.11. The summed E-state index contributed by atoms with van der Waals surface area (Å²) in [4.78, 5) is 12.1. The average molecular weight is 445 g/mol. The Hall–Kier alpha value is -1.80. The van der Waals surface area contributed by atoms with Crippen LogP contribution in [0.2, 0.25) is 0 Å². The largest absolute Gasteiger partial charge is 0.476 e. The fraction of sp³-hybridized carbons (Fsp3) is 0.381. The Morgan fingerprint density at radius 1 is 0.862 bits per heavy atom. The molecule has 0 saturated heterocycles. The van der Waals surface area contributed by atoms with E-state index in [1.165, 1.54) is 12.1 Å². The molecule has 0 aliphatic heterocycles. The van der Waals surface area contributed by atoms with Gasteiger partial charge in [-0.05, 0) is 63.1 Å². The van der Waals surface area contributed by atoms with E-state index in [-0.39, 0.29) is 6.10 Å². The highest BCUT2D eigenvalue weighted by Crippen LogP contribution is 2.41. The summed E-state index contributed by atoms with van der Waals surface area (Å²) in [6, 6.07) is 11.4. The molecule has 0 radical (unpaired) electrons. The summed E-state index contributed by atoms with van der Waals surface area (Å²) in [7, 11) is 0. The first-order valence-electron chi connectivity index (χ1n) is 8.86. The van der Waals surface area contributed by atoms with Gasteiger partial charge in [0.05, 0.1) is 11.7 Å². The summed E-state index contributed by atoms with van der Waals surface area (Å²) in [6.07, 6.45) is -4.66. The van der Waals surface area contributed by atoms with Crippen molar-refractivity contribution in [2.75, 3.05) is 0 Å². The van der Waals surface area contributed by atoms with Gasteiger partial charge in [-0.2, -0.15) is 38.4 Å². The fourth-order valence-electron chi connectivity index (χ4n) is 2.51. The second-order valence-electron chi connectivity index (χ2n) is 7.34. The average Bonchev–Trinajstić information content (AvgIpc) is 2.60. The first kappa shape index (κ1) is 23.5. The van der Waals surface area contributed by atoms with E-state index >= 15 is 0 Å². The molecule has 0 atom stereocenters.